The van der Waals surface area contributed by atoms with Crippen LogP contribution in [0.5, 0.6) is 0 Å². The largest absolute Gasteiger partial charge is 0.481 e. The van der Waals surface area contributed by atoms with Crippen molar-refractivity contribution in [3.8, 4) is 0 Å². The monoisotopic (exact) mass is 230 g/mol. The Balaban J connectivity index is 2.26. The van der Waals surface area contributed by atoms with E-state index in [1.54, 1.807) is 0 Å². The summed E-state index contributed by atoms with van der Waals surface area (Å²) < 4.78 is 0. The summed E-state index contributed by atoms with van der Waals surface area (Å²) in [5.74, 6) is -1.35. The quantitative estimate of drug-likeness (QED) is 0.563. The lowest BCUT2D eigenvalue weighted by Crippen LogP contribution is -2.42. The van der Waals surface area contributed by atoms with Gasteiger partial charge in [-0.1, -0.05) is 0 Å². The first-order chi connectivity index (χ1) is 7.49. The molecule has 0 aromatic heterocycles. The summed E-state index contributed by atoms with van der Waals surface area (Å²) in [6.07, 6.45) is 0.294. The first kappa shape index (κ1) is 12.9. The van der Waals surface area contributed by atoms with Crippen molar-refractivity contribution in [2.75, 3.05) is 19.6 Å². The molecule has 1 aliphatic rings. The fourth-order valence-electron chi connectivity index (χ4n) is 1.96. The zero-order chi connectivity index (χ0) is 12.1. The van der Waals surface area contributed by atoms with Crippen LogP contribution in [0.1, 0.15) is 19.3 Å². The van der Waals surface area contributed by atoms with E-state index in [1.165, 1.54) is 0 Å². The number of amides is 1. The minimum Gasteiger partial charge on any atom is -0.481 e. The van der Waals surface area contributed by atoms with Gasteiger partial charge in [-0.25, -0.2) is 0 Å². The molecule has 1 heterocycles. The number of piperidine rings is 1. The first-order valence-corrected chi connectivity index (χ1v) is 5.40. The van der Waals surface area contributed by atoms with Gasteiger partial charge >= 0.3 is 5.97 Å². The summed E-state index contributed by atoms with van der Waals surface area (Å²) in [4.78, 5) is 23.2. The predicted octanol–water partition coefficient (Wildman–Crippen LogP) is -0.981. The molecule has 1 fully saturated rings. The van der Waals surface area contributed by atoms with E-state index in [0.717, 1.165) is 0 Å². The third kappa shape index (κ3) is 4.16. The van der Waals surface area contributed by atoms with Crippen LogP contribution in [-0.4, -0.2) is 52.7 Å². The van der Waals surface area contributed by atoms with Crippen LogP contribution in [-0.2, 0) is 9.59 Å². The van der Waals surface area contributed by atoms with Crippen molar-refractivity contribution in [3.63, 3.8) is 0 Å². The van der Waals surface area contributed by atoms with Crippen LogP contribution in [0.3, 0.4) is 0 Å². The Hall–Kier alpha value is -1.14. The highest BCUT2D eigenvalue weighted by Gasteiger charge is 2.24. The van der Waals surface area contributed by atoms with Gasteiger partial charge in [0, 0.05) is 12.5 Å². The van der Waals surface area contributed by atoms with Gasteiger partial charge in [0.25, 0.3) is 0 Å². The standard InChI is InChI=1S/C10H18N2O4/c11-10(16)7-1-3-12(4-2-7)6-8(13)5-9(14)15/h7-8,13H,1-6H2,(H2,11,16)(H,14,15). The number of aliphatic carboxylic acids is 1. The van der Waals surface area contributed by atoms with Crippen LogP contribution >= 0.6 is 0 Å². The molecule has 0 saturated carbocycles. The molecule has 1 rings (SSSR count). The molecule has 1 aliphatic heterocycles. The number of carboxylic acids is 1. The number of hydrogen-bond acceptors (Lipinski definition) is 4. The van der Waals surface area contributed by atoms with Crippen molar-refractivity contribution < 1.29 is 19.8 Å². The molecule has 16 heavy (non-hydrogen) atoms. The molecule has 1 saturated heterocycles. The van der Waals surface area contributed by atoms with E-state index in [-0.39, 0.29) is 18.2 Å². The molecule has 0 aromatic rings. The number of β-amino-alcohol motifs (C(OH)–C–C–N with tert-alkyl or cyclic N) is 1. The lowest BCUT2D eigenvalue weighted by atomic mass is 9.96. The fraction of sp³-hybridized carbons (Fsp3) is 0.800. The third-order valence-corrected chi connectivity index (χ3v) is 2.87. The number of aliphatic hydroxyl groups excluding tert-OH is 1. The van der Waals surface area contributed by atoms with Crippen LogP contribution in [0, 0.1) is 5.92 Å². The molecule has 1 atom stereocenters. The van der Waals surface area contributed by atoms with Crippen molar-refractivity contribution in [1.29, 1.82) is 0 Å². The maximum Gasteiger partial charge on any atom is 0.306 e. The number of nitrogens with two attached hydrogens (primary N) is 1. The first-order valence-electron chi connectivity index (χ1n) is 5.40. The van der Waals surface area contributed by atoms with Crippen LogP contribution in [0.25, 0.3) is 0 Å². The Labute approximate surface area is 94.0 Å². The van der Waals surface area contributed by atoms with E-state index in [4.69, 9.17) is 10.8 Å². The molecule has 6 nitrogen and oxygen atoms in total. The third-order valence-electron chi connectivity index (χ3n) is 2.87. The molecule has 0 aliphatic carbocycles. The highest BCUT2D eigenvalue weighted by Crippen LogP contribution is 2.16. The molecule has 1 unspecified atom stereocenters. The number of carbonyl (C=O) groups excluding carboxylic acids is 1. The molecular formula is C10H18N2O4. The fourth-order valence-corrected chi connectivity index (χ4v) is 1.96. The Morgan fingerprint density at radius 3 is 2.38 bits per heavy atom. The van der Waals surface area contributed by atoms with Gasteiger partial charge in [-0.2, -0.15) is 0 Å². The normalized spacial score (nSPS) is 20.6. The van der Waals surface area contributed by atoms with Crippen molar-refractivity contribution in [1.82, 2.24) is 4.90 Å². The molecule has 0 bridgehead atoms. The van der Waals surface area contributed by atoms with Crippen molar-refractivity contribution in [3.05, 3.63) is 0 Å². The number of aliphatic hydroxyl groups is 1. The average molecular weight is 230 g/mol. The number of primary amides is 1. The van der Waals surface area contributed by atoms with Gasteiger partial charge in [0.05, 0.1) is 12.5 Å². The van der Waals surface area contributed by atoms with E-state index < -0.39 is 12.1 Å². The molecule has 4 N–H and O–H groups in total. The molecule has 1 amide bonds. The number of nitrogens with zero attached hydrogens (tertiary/aromatic N) is 1. The number of hydrogen-bond donors (Lipinski definition) is 3. The van der Waals surface area contributed by atoms with E-state index in [9.17, 15) is 14.7 Å². The van der Waals surface area contributed by atoms with Gasteiger partial charge in [-0.3, -0.25) is 9.59 Å². The summed E-state index contributed by atoms with van der Waals surface area (Å²) in [6.45, 7) is 1.71. The zero-order valence-corrected chi connectivity index (χ0v) is 9.13. The second-order valence-electron chi connectivity index (χ2n) is 4.23. The molecule has 6 heteroatoms. The van der Waals surface area contributed by atoms with Crippen LogP contribution < -0.4 is 5.73 Å². The Morgan fingerprint density at radius 2 is 1.94 bits per heavy atom. The van der Waals surface area contributed by atoms with Crippen LogP contribution in [0.2, 0.25) is 0 Å². The summed E-state index contributed by atoms with van der Waals surface area (Å²) in [5, 5.41) is 17.9. The Kier molecular flexibility index (Phi) is 4.70. The number of rotatable bonds is 5. The lowest BCUT2D eigenvalue weighted by molar-refractivity contribution is -0.139. The molecule has 92 valence electrons. The van der Waals surface area contributed by atoms with Gasteiger partial charge in [0.15, 0.2) is 0 Å². The highest BCUT2D eigenvalue weighted by molar-refractivity contribution is 5.76. The van der Waals surface area contributed by atoms with Gasteiger partial charge in [0.1, 0.15) is 0 Å². The Bertz CT molecular complexity index is 262. The average Bonchev–Trinajstić information content (AvgIpc) is 2.16. The summed E-state index contributed by atoms with van der Waals surface area (Å²) in [7, 11) is 0. The SMILES string of the molecule is NC(=O)C1CCN(CC(O)CC(=O)O)CC1. The van der Waals surface area contributed by atoms with Crippen LogP contribution in [0.4, 0.5) is 0 Å². The van der Waals surface area contributed by atoms with E-state index in [1.807, 2.05) is 4.90 Å². The number of carbonyl (C=O) groups is 2. The zero-order valence-electron chi connectivity index (χ0n) is 9.13. The second kappa shape index (κ2) is 5.81. The minimum absolute atomic E-state index is 0.0760. The second-order valence-corrected chi connectivity index (χ2v) is 4.23. The lowest BCUT2D eigenvalue weighted by Gasteiger charge is -2.31. The summed E-state index contributed by atoms with van der Waals surface area (Å²) in [6, 6.07) is 0. The topological polar surface area (TPSA) is 104 Å². The maximum absolute atomic E-state index is 10.9. The van der Waals surface area contributed by atoms with Crippen molar-refractivity contribution in [2.45, 2.75) is 25.4 Å². The van der Waals surface area contributed by atoms with Gasteiger partial charge < -0.3 is 20.8 Å². The molecule has 0 radical (unpaired) electrons. The Morgan fingerprint density at radius 1 is 1.38 bits per heavy atom. The summed E-state index contributed by atoms with van der Waals surface area (Å²) in [5.41, 5.74) is 5.20. The number of likely N-dealkylation sites (tertiary alicyclic amines) is 1. The van der Waals surface area contributed by atoms with Crippen LogP contribution in [0.15, 0.2) is 0 Å². The van der Waals surface area contributed by atoms with Crippen molar-refractivity contribution >= 4 is 11.9 Å². The van der Waals surface area contributed by atoms with E-state index >= 15 is 0 Å². The number of carboxylic acid groups (broad SMARTS) is 1. The van der Waals surface area contributed by atoms with E-state index in [2.05, 4.69) is 0 Å². The highest BCUT2D eigenvalue weighted by atomic mass is 16.4. The smallest absolute Gasteiger partial charge is 0.306 e. The molecule has 0 spiro atoms. The van der Waals surface area contributed by atoms with Gasteiger partial charge in [-0.05, 0) is 25.9 Å². The van der Waals surface area contributed by atoms with Gasteiger partial charge in [-0.15, -0.1) is 0 Å². The minimum atomic E-state index is -1.00. The van der Waals surface area contributed by atoms with Gasteiger partial charge in [0.2, 0.25) is 5.91 Å². The molecule has 0 aromatic carbocycles. The maximum atomic E-state index is 10.9. The van der Waals surface area contributed by atoms with Crippen molar-refractivity contribution in [2.24, 2.45) is 11.7 Å². The summed E-state index contributed by atoms with van der Waals surface area (Å²) >= 11 is 0. The molecular weight excluding hydrogens is 212 g/mol. The predicted molar refractivity (Wildman–Crippen MR) is 56.6 cm³/mol. The van der Waals surface area contributed by atoms with E-state index in [0.29, 0.717) is 32.5 Å².